The molecule has 0 saturated carbocycles. The molecule has 0 bridgehead atoms. The monoisotopic (exact) mass is 381 g/mol. The van der Waals surface area contributed by atoms with Crippen LogP contribution in [0.25, 0.3) is 0 Å². The van der Waals surface area contributed by atoms with Gasteiger partial charge in [0.15, 0.2) is 5.17 Å². The van der Waals surface area contributed by atoms with Crippen molar-refractivity contribution in [3.8, 4) is 5.75 Å². The number of likely N-dealkylation sites (tertiary alicyclic amines) is 1. The van der Waals surface area contributed by atoms with Crippen LogP contribution in [0.3, 0.4) is 0 Å². The number of rotatable bonds is 4. The number of carbonyl (C=O) groups is 2. The lowest BCUT2D eigenvalue weighted by Gasteiger charge is -2.16. The lowest BCUT2D eigenvalue weighted by atomic mass is 10.2. The Kier molecular flexibility index (Phi) is 5.54. The molecule has 0 unspecified atom stereocenters. The van der Waals surface area contributed by atoms with Gasteiger partial charge in [0.05, 0.1) is 12.8 Å². The normalized spacial score (nSPS) is 20.0. The number of amides is 2. The number of aryl methyl sites for hydroxylation is 1. The van der Waals surface area contributed by atoms with Gasteiger partial charge in [-0.2, -0.15) is 4.99 Å². The molecule has 8 heteroatoms. The van der Waals surface area contributed by atoms with Crippen molar-refractivity contribution in [2.24, 2.45) is 4.99 Å². The maximum Gasteiger partial charge on any atom is 0.262 e. The molecule has 6 nitrogen and oxygen atoms in total. The summed E-state index contributed by atoms with van der Waals surface area (Å²) in [5.74, 6) is 0.00778. The van der Waals surface area contributed by atoms with Gasteiger partial charge in [0.2, 0.25) is 5.91 Å². The molecule has 134 valence electrons. The van der Waals surface area contributed by atoms with Gasteiger partial charge >= 0.3 is 0 Å². The van der Waals surface area contributed by atoms with Crippen LogP contribution in [0, 0.1) is 6.92 Å². The molecule has 25 heavy (non-hydrogen) atoms. The van der Waals surface area contributed by atoms with Gasteiger partial charge in [0, 0.05) is 30.6 Å². The van der Waals surface area contributed by atoms with Crippen molar-refractivity contribution in [1.29, 1.82) is 0 Å². The largest absolute Gasteiger partial charge is 0.495 e. The molecule has 0 spiro atoms. The second-order valence-corrected chi connectivity index (χ2v) is 7.66. The highest BCUT2D eigenvalue weighted by molar-refractivity contribution is 8.15. The molecule has 1 fully saturated rings. The number of ether oxygens (including phenoxy) is 1. The highest BCUT2D eigenvalue weighted by Crippen LogP contribution is 2.32. The van der Waals surface area contributed by atoms with Gasteiger partial charge in [-0.1, -0.05) is 23.4 Å². The highest BCUT2D eigenvalue weighted by atomic mass is 35.5. The predicted molar refractivity (Wildman–Crippen MR) is 101 cm³/mol. The quantitative estimate of drug-likeness (QED) is 0.867. The molecule has 0 radical (unpaired) electrons. The molecule has 1 atom stereocenters. The van der Waals surface area contributed by atoms with Crippen LogP contribution in [0.5, 0.6) is 5.75 Å². The number of hydrogen-bond acceptors (Lipinski definition) is 5. The number of halogens is 1. The van der Waals surface area contributed by atoms with Crippen LogP contribution in [0.4, 0.5) is 5.69 Å². The molecule has 2 heterocycles. The maximum atomic E-state index is 12.4. The molecule has 2 aliphatic heterocycles. The van der Waals surface area contributed by atoms with Crippen LogP contribution in [-0.2, 0) is 9.59 Å². The summed E-state index contributed by atoms with van der Waals surface area (Å²) >= 11 is 7.46. The van der Waals surface area contributed by atoms with E-state index in [0.29, 0.717) is 16.5 Å². The number of nitrogens with zero attached hydrogens (tertiary/aromatic N) is 2. The fourth-order valence-corrected chi connectivity index (χ4v) is 4.12. The van der Waals surface area contributed by atoms with E-state index in [0.717, 1.165) is 36.7 Å². The van der Waals surface area contributed by atoms with Crippen LogP contribution in [0.1, 0.15) is 24.8 Å². The SMILES string of the molecule is COc1cc(Cl)c(C)cc1NC(=O)C[C@H]1SC(N2CCCC2)=NC1=O. The van der Waals surface area contributed by atoms with Gasteiger partial charge in [0.25, 0.3) is 5.91 Å². The van der Waals surface area contributed by atoms with E-state index in [1.54, 1.807) is 12.1 Å². The third-order valence-corrected chi connectivity index (χ3v) is 5.85. The van der Waals surface area contributed by atoms with Gasteiger partial charge in [-0.05, 0) is 31.4 Å². The zero-order valence-corrected chi connectivity index (χ0v) is 15.7. The van der Waals surface area contributed by atoms with Gasteiger partial charge in [-0.25, -0.2) is 0 Å². The maximum absolute atomic E-state index is 12.4. The minimum Gasteiger partial charge on any atom is -0.495 e. The zero-order chi connectivity index (χ0) is 18.0. The summed E-state index contributed by atoms with van der Waals surface area (Å²) in [5.41, 5.74) is 1.38. The summed E-state index contributed by atoms with van der Waals surface area (Å²) in [6.07, 6.45) is 2.32. The Bertz CT molecular complexity index is 732. The standard InChI is InChI=1S/C17H20ClN3O3S/c1-10-7-12(13(24-2)8-11(10)18)19-15(22)9-14-16(23)20-17(25-14)21-5-3-4-6-21/h7-8,14H,3-6,9H2,1-2H3,(H,19,22)/t14-/m1/s1. The predicted octanol–water partition coefficient (Wildman–Crippen LogP) is 3.08. The van der Waals surface area contributed by atoms with Crippen LogP contribution in [0.15, 0.2) is 17.1 Å². The van der Waals surface area contributed by atoms with E-state index >= 15 is 0 Å². The van der Waals surface area contributed by atoms with Crippen molar-refractivity contribution >= 4 is 46.0 Å². The fraction of sp³-hybridized carbons (Fsp3) is 0.471. The first kappa shape index (κ1) is 18.1. The van der Waals surface area contributed by atoms with Crippen LogP contribution >= 0.6 is 23.4 Å². The second-order valence-electron chi connectivity index (χ2n) is 6.09. The van der Waals surface area contributed by atoms with Crippen molar-refractivity contribution < 1.29 is 14.3 Å². The van der Waals surface area contributed by atoms with Crippen molar-refractivity contribution in [3.63, 3.8) is 0 Å². The number of thioether (sulfide) groups is 1. The molecule has 2 amide bonds. The minimum absolute atomic E-state index is 0.0785. The zero-order valence-electron chi connectivity index (χ0n) is 14.2. The smallest absolute Gasteiger partial charge is 0.262 e. The number of hydrogen-bond donors (Lipinski definition) is 1. The van der Waals surface area contributed by atoms with Gasteiger partial charge in [-0.3, -0.25) is 9.59 Å². The lowest BCUT2D eigenvalue weighted by molar-refractivity contribution is -0.121. The Hall–Kier alpha value is -1.73. The third-order valence-electron chi connectivity index (χ3n) is 4.23. The molecule has 3 rings (SSSR count). The average Bonchev–Trinajstić information content (AvgIpc) is 3.21. The number of benzene rings is 1. The van der Waals surface area contributed by atoms with Gasteiger partial charge in [0.1, 0.15) is 11.0 Å². The Morgan fingerprint density at radius 3 is 2.84 bits per heavy atom. The van der Waals surface area contributed by atoms with Crippen molar-refractivity contribution in [3.05, 3.63) is 22.7 Å². The summed E-state index contributed by atoms with van der Waals surface area (Å²) in [6, 6.07) is 3.42. The van der Waals surface area contributed by atoms with Gasteiger partial charge in [-0.15, -0.1) is 0 Å². The third kappa shape index (κ3) is 4.10. The van der Waals surface area contributed by atoms with Crippen molar-refractivity contribution in [2.75, 3.05) is 25.5 Å². The Labute approximate surface area is 156 Å². The molecule has 1 aromatic rings. The van der Waals surface area contributed by atoms with Crippen LogP contribution < -0.4 is 10.1 Å². The number of aliphatic imine (C=N–C) groups is 1. The second kappa shape index (κ2) is 7.66. The molecule has 0 aromatic heterocycles. The number of amidine groups is 1. The Morgan fingerprint density at radius 1 is 1.44 bits per heavy atom. The molecule has 2 aliphatic rings. The molecule has 1 saturated heterocycles. The van der Waals surface area contributed by atoms with Crippen LogP contribution in [0.2, 0.25) is 5.02 Å². The van der Waals surface area contributed by atoms with Crippen molar-refractivity contribution in [1.82, 2.24) is 4.90 Å². The molecule has 1 aromatic carbocycles. The minimum atomic E-state index is -0.463. The van der Waals surface area contributed by atoms with E-state index in [2.05, 4.69) is 15.2 Å². The highest BCUT2D eigenvalue weighted by Gasteiger charge is 2.33. The van der Waals surface area contributed by atoms with E-state index in [1.807, 2.05) is 6.92 Å². The first-order valence-corrected chi connectivity index (χ1v) is 9.42. The summed E-state index contributed by atoms with van der Waals surface area (Å²) in [7, 11) is 1.52. The van der Waals surface area contributed by atoms with Gasteiger partial charge < -0.3 is 15.0 Å². The molecular formula is C17H20ClN3O3S. The summed E-state index contributed by atoms with van der Waals surface area (Å²) in [4.78, 5) is 30.7. The van der Waals surface area contributed by atoms with Crippen LogP contribution in [-0.4, -0.2) is 47.3 Å². The number of anilines is 1. The molecular weight excluding hydrogens is 362 g/mol. The molecule has 0 aliphatic carbocycles. The van der Waals surface area contributed by atoms with E-state index in [-0.39, 0.29) is 18.2 Å². The molecule has 1 N–H and O–H groups in total. The van der Waals surface area contributed by atoms with E-state index in [4.69, 9.17) is 16.3 Å². The number of methoxy groups -OCH3 is 1. The summed E-state index contributed by atoms with van der Waals surface area (Å²) in [6.45, 7) is 3.71. The van der Waals surface area contributed by atoms with Crippen molar-refractivity contribution in [2.45, 2.75) is 31.4 Å². The van der Waals surface area contributed by atoms with E-state index < -0.39 is 5.25 Å². The Morgan fingerprint density at radius 2 is 2.16 bits per heavy atom. The first-order chi connectivity index (χ1) is 12.0. The summed E-state index contributed by atoms with van der Waals surface area (Å²) in [5, 5.41) is 3.67. The topological polar surface area (TPSA) is 71.0 Å². The average molecular weight is 382 g/mol. The van der Waals surface area contributed by atoms with E-state index in [9.17, 15) is 9.59 Å². The summed E-state index contributed by atoms with van der Waals surface area (Å²) < 4.78 is 5.26. The number of carbonyl (C=O) groups excluding carboxylic acids is 2. The van der Waals surface area contributed by atoms with E-state index in [1.165, 1.54) is 18.9 Å². The number of nitrogens with one attached hydrogen (secondary N) is 1. The first-order valence-electron chi connectivity index (χ1n) is 8.16. The fourth-order valence-electron chi connectivity index (χ4n) is 2.85. The lowest BCUT2D eigenvalue weighted by Crippen LogP contribution is -2.25. The Balaban J connectivity index is 1.62.